The summed E-state index contributed by atoms with van der Waals surface area (Å²) in [6.45, 7) is 7.83. The standard InChI is InChI=1S/C19H22N4O2S/c1-19(2,3)25-18(24)23-11-14-9-22(10-15(14)12-23)17-21-20-16(26-17)13-7-5-4-6-8-13/h4-9,15H,10-12H2,1-3H3. The van der Waals surface area contributed by atoms with Crippen LogP contribution in [0.5, 0.6) is 0 Å². The fourth-order valence-corrected chi connectivity index (χ4v) is 4.07. The van der Waals surface area contributed by atoms with Crippen LogP contribution in [0.3, 0.4) is 0 Å². The molecule has 0 radical (unpaired) electrons. The van der Waals surface area contributed by atoms with E-state index in [-0.39, 0.29) is 6.09 Å². The highest BCUT2D eigenvalue weighted by molar-refractivity contribution is 7.18. The van der Waals surface area contributed by atoms with E-state index in [9.17, 15) is 4.79 Å². The molecule has 1 saturated heterocycles. The topological polar surface area (TPSA) is 58.6 Å². The third kappa shape index (κ3) is 3.44. The Morgan fingerprint density at radius 3 is 2.65 bits per heavy atom. The maximum absolute atomic E-state index is 12.2. The SMILES string of the molecule is CC(C)(C)OC(=O)N1CC2=CN(c3nnc(-c4ccccc4)s3)CC2C1. The molecular formula is C19H22N4O2S. The fraction of sp³-hybridized carbons (Fsp3) is 0.421. The predicted molar refractivity (Wildman–Crippen MR) is 102 cm³/mol. The summed E-state index contributed by atoms with van der Waals surface area (Å²) in [6.07, 6.45) is 1.88. The highest BCUT2D eigenvalue weighted by Crippen LogP contribution is 2.36. The number of carbonyl (C=O) groups excluding carboxylic acids is 1. The van der Waals surface area contributed by atoms with Gasteiger partial charge in [-0.25, -0.2) is 4.79 Å². The third-order valence-corrected chi connectivity index (χ3v) is 5.42. The van der Waals surface area contributed by atoms with Crippen molar-refractivity contribution in [2.75, 3.05) is 24.5 Å². The van der Waals surface area contributed by atoms with Gasteiger partial charge in [-0.05, 0) is 26.3 Å². The molecule has 1 atom stereocenters. The lowest BCUT2D eigenvalue weighted by Crippen LogP contribution is -2.36. The van der Waals surface area contributed by atoms with Gasteiger partial charge in [0.2, 0.25) is 5.13 Å². The molecule has 0 saturated carbocycles. The first kappa shape index (κ1) is 17.0. The average molecular weight is 370 g/mol. The van der Waals surface area contributed by atoms with Crippen molar-refractivity contribution < 1.29 is 9.53 Å². The molecule has 6 nitrogen and oxygen atoms in total. The van der Waals surface area contributed by atoms with Crippen LogP contribution in [0.4, 0.5) is 9.93 Å². The zero-order valence-electron chi connectivity index (χ0n) is 15.2. The number of rotatable bonds is 2. The maximum atomic E-state index is 12.2. The van der Waals surface area contributed by atoms with E-state index in [1.54, 1.807) is 16.2 Å². The summed E-state index contributed by atoms with van der Waals surface area (Å²) < 4.78 is 5.48. The molecule has 26 heavy (non-hydrogen) atoms. The number of fused-ring (bicyclic) bond motifs is 1. The molecule has 2 aromatic rings. The lowest BCUT2D eigenvalue weighted by Gasteiger charge is -2.25. The molecule has 3 heterocycles. The number of nitrogens with zero attached hydrogens (tertiary/aromatic N) is 4. The van der Waals surface area contributed by atoms with Crippen molar-refractivity contribution in [1.82, 2.24) is 15.1 Å². The average Bonchev–Trinajstić information content (AvgIpc) is 3.28. The molecule has 7 heteroatoms. The summed E-state index contributed by atoms with van der Waals surface area (Å²) >= 11 is 1.59. The van der Waals surface area contributed by atoms with Crippen LogP contribution in [0, 0.1) is 5.92 Å². The van der Waals surface area contributed by atoms with Crippen LogP contribution in [-0.4, -0.2) is 46.4 Å². The molecule has 0 spiro atoms. The Hall–Kier alpha value is -2.41. The highest BCUT2D eigenvalue weighted by atomic mass is 32.1. The van der Waals surface area contributed by atoms with Crippen LogP contribution >= 0.6 is 11.3 Å². The Morgan fingerprint density at radius 2 is 1.96 bits per heavy atom. The first-order valence-electron chi connectivity index (χ1n) is 8.73. The number of hydrogen-bond acceptors (Lipinski definition) is 6. The Bertz CT molecular complexity index is 841. The number of carbonyl (C=O) groups is 1. The number of hydrogen-bond donors (Lipinski definition) is 0. The van der Waals surface area contributed by atoms with Crippen molar-refractivity contribution >= 4 is 22.6 Å². The quantitative estimate of drug-likeness (QED) is 0.805. The van der Waals surface area contributed by atoms with Crippen LogP contribution in [0.2, 0.25) is 0 Å². The molecule has 1 aromatic carbocycles. The van der Waals surface area contributed by atoms with E-state index in [4.69, 9.17) is 4.74 Å². The largest absolute Gasteiger partial charge is 0.444 e. The Balaban J connectivity index is 1.44. The molecule has 1 unspecified atom stereocenters. The van der Waals surface area contributed by atoms with E-state index < -0.39 is 5.60 Å². The summed E-state index contributed by atoms with van der Waals surface area (Å²) in [6, 6.07) is 10.1. The lowest BCUT2D eigenvalue weighted by atomic mass is 10.1. The molecule has 0 bridgehead atoms. The summed E-state index contributed by atoms with van der Waals surface area (Å²) in [5, 5.41) is 10.5. The van der Waals surface area contributed by atoms with Gasteiger partial charge in [-0.2, -0.15) is 0 Å². The summed E-state index contributed by atoms with van der Waals surface area (Å²) in [5.74, 6) is 0.339. The molecule has 1 fully saturated rings. The van der Waals surface area contributed by atoms with Gasteiger partial charge >= 0.3 is 6.09 Å². The van der Waals surface area contributed by atoms with Crippen LogP contribution in [0.25, 0.3) is 10.6 Å². The van der Waals surface area contributed by atoms with Crippen LogP contribution in [-0.2, 0) is 4.74 Å². The Labute approximate surface area is 157 Å². The van der Waals surface area contributed by atoms with E-state index in [0.29, 0.717) is 19.0 Å². The van der Waals surface area contributed by atoms with Crippen LogP contribution in [0.1, 0.15) is 20.8 Å². The number of benzene rings is 1. The monoisotopic (exact) mass is 370 g/mol. The van der Waals surface area contributed by atoms with E-state index in [0.717, 1.165) is 22.2 Å². The first-order valence-corrected chi connectivity index (χ1v) is 9.55. The van der Waals surface area contributed by atoms with Crippen molar-refractivity contribution in [2.24, 2.45) is 5.92 Å². The highest BCUT2D eigenvalue weighted by Gasteiger charge is 2.38. The Kier molecular flexibility index (Phi) is 4.19. The third-order valence-electron chi connectivity index (χ3n) is 4.41. The summed E-state index contributed by atoms with van der Waals surface area (Å²) in [5.41, 5.74) is 1.88. The van der Waals surface area contributed by atoms with Gasteiger partial charge in [0.1, 0.15) is 10.6 Å². The smallest absolute Gasteiger partial charge is 0.410 e. The van der Waals surface area contributed by atoms with Crippen molar-refractivity contribution in [3.8, 4) is 10.6 Å². The van der Waals surface area contributed by atoms with Gasteiger partial charge in [0.15, 0.2) is 0 Å². The number of anilines is 1. The minimum atomic E-state index is -0.463. The Morgan fingerprint density at radius 1 is 1.19 bits per heavy atom. The maximum Gasteiger partial charge on any atom is 0.410 e. The second-order valence-electron chi connectivity index (χ2n) is 7.67. The van der Waals surface area contributed by atoms with Gasteiger partial charge in [0.05, 0.1) is 0 Å². The van der Waals surface area contributed by atoms with Gasteiger partial charge in [-0.3, -0.25) is 0 Å². The molecule has 2 aliphatic heterocycles. The minimum absolute atomic E-state index is 0.235. The first-order chi connectivity index (χ1) is 12.4. The zero-order valence-corrected chi connectivity index (χ0v) is 16.0. The van der Waals surface area contributed by atoms with Gasteiger partial charge in [0.25, 0.3) is 0 Å². The summed E-state index contributed by atoms with van der Waals surface area (Å²) in [7, 11) is 0. The van der Waals surface area contributed by atoms with Crippen molar-refractivity contribution in [3.05, 3.63) is 42.1 Å². The van der Waals surface area contributed by atoms with E-state index in [2.05, 4.69) is 21.3 Å². The molecular weight excluding hydrogens is 348 g/mol. The van der Waals surface area contributed by atoms with E-state index >= 15 is 0 Å². The van der Waals surface area contributed by atoms with Gasteiger partial charge in [-0.15, -0.1) is 10.2 Å². The number of amides is 1. The summed E-state index contributed by atoms with van der Waals surface area (Å²) in [4.78, 5) is 16.2. The molecule has 0 aliphatic carbocycles. The molecule has 1 aromatic heterocycles. The molecule has 1 amide bonds. The fourth-order valence-electron chi connectivity index (χ4n) is 3.24. The van der Waals surface area contributed by atoms with Crippen molar-refractivity contribution in [2.45, 2.75) is 26.4 Å². The van der Waals surface area contributed by atoms with Crippen LogP contribution < -0.4 is 4.90 Å². The normalized spacial score (nSPS) is 19.5. The molecule has 0 N–H and O–H groups in total. The van der Waals surface area contributed by atoms with Crippen LogP contribution in [0.15, 0.2) is 42.1 Å². The second kappa shape index (κ2) is 6.39. The zero-order chi connectivity index (χ0) is 18.3. The molecule has 136 valence electrons. The number of ether oxygens (including phenoxy) is 1. The molecule has 4 rings (SSSR count). The van der Waals surface area contributed by atoms with Crippen molar-refractivity contribution in [1.29, 1.82) is 0 Å². The number of aromatic nitrogens is 2. The predicted octanol–water partition coefficient (Wildman–Crippen LogP) is 3.78. The second-order valence-corrected chi connectivity index (χ2v) is 8.63. The van der Waals surface area contributed by atoms with E-state index in [1.807, 2.05) is 51.1 Å². The number of likely N-dealkylation sites (tertiary alicyclic amines) is 1. The van der Waals surface area contributed by atoms with Gasteiger partial charge in [-0.1, -0.05) is 41.7 Å². The van der Waals surface area contributed by atoms with E-state index in [1.165, 1.54) is 5.57 Å². The van der Waals surface area contributed by atoms with Crippen molar-refractivity contribution in [3.63, 3.8) is 0 Å². The van der Waals surface area contributed by atoms with Gasteiger partial charge in [0, 0.05) is 37.3 Å². The van der Waals surface area contributed by atoms with Gasteiger partial charge < -0.3 is 14.5 Å². The lowest BCUT2D eigenvalue weighted by molar-refractivity contribution is 0.0291. The minimum Gasteiger partial charge on any atom is -0.444 e. The molecule has 2 aliphatic rings.